The minimum absolute atomic E-state index is 0.146. The second-order valence-corrected chi connectivity index (χ2v) is 6.69. The van der Waals surface area contributed by atoms with Crippen LogP contribution in [0.3, 0.4) is 0 Å². The van der Waals surface area contributed by atoms with Crippen molar-refractivity contribution in [3.63, 3.8) is 0 Å². The standard InChI is InChI=1S/C12H12O2/c13-11(14)12-8-3-1-2-4-5(3)9(12)7(4)10(12)6(2)8/h2-10H,1H2,(H,13,14). The molecule has 0 aromatic carbocycles. The van der Waals surface area contributed by atoms with E-state index < -0.39 is 5.97 Å². The lowest BCUT2D eigenvalue weighted by Crippen LogP contribution is -2.73. The average Bonchev–Trinajstić information content (AvgIpc) is 2.40. The average molecular weight is 188 g/mol. The van der Waals surface area contributed by atoms with Gasteiger partial charge in [0, 0.05) is 0 Å². The first-order valence-corrected chi connectivity index (χ1v) is 6.03. The minimum Gasteiger partial charge on any atom is -0.481 e. The van der Waals surface area contributed by atoms with Crippen molar-refractivity contribution in [2.75, 3.05) is 0 Å². The van der Waals surface area contributed by atoms with Crippen LogP contribution in [0.15, 0.2) is 0 Å². The Morgan fingerprint density at radius 2 is 1.79 bits per heavy atom. The van der Waals surface area contributed by atoms with Crippen molar-refractivity contribution < 1.29 is 9.90 Å². The first-order valence-electron chi connectivity index (χ1n) is 6.03. The van der Waals surface area contributed by atoms with Crippen LogP contribution in [-0.2, 0) is 4.79 Å². The molecule has 7 fully saturated rings. The van der Waals surface area contributed by atoms with Gasteiger partial charge in [0.1, 0.15) is 0 Å². The molecule has 7 aliphatic rings. The van der Waals surface area contributed by atoms with E-state index in [1.807, 2.05) is 0 Å². The lowest BCUT2D eigenvalue weighted by atomic mass is 9.31. The molecule has 0 aromatic heterocycles. The largest absolute Gasteiger partial charge is 0.481 e. The second kappa shape index (κ2) is 1.23. The predicted molar refractivity (Wildman–Crippen MR) is 46.1 cm³/mol. The topological polar surface area (TPSA) is 37.3 Å². The van der Waals surface area contributed by atoms with E-state index in [1.165, 1.54) is 6.42 Å². The fraction of sp³-hybridized carbons (Fsp3) is 0.917. The number of carboxylic acids is 1. The zero-order chi connectivity index (χ0) is 8.98. The number of rotatable bonds is 1. The smallest absolute Gasteiger partial charge is 0.310 e. The molecule has 0 amide bonds. The van der Waals surface area contributed by atoms with Crippen molar-refractivity contribution in [2.45, 2.75) is 6.42 Å². The van der Waals surface area contributed by atoms with Crippen LogP contribution in [0.25, 0.3) is 0 Å². The summed E-state index contributed by atoms with van der Waals surface area (Å²) in [5.41, 5.74) is -0.146. The van der Waals surface area contributed by atoms with Crippen molar-refractivity contribution in [3.05, 3.63) is 0 Å². The van der Waals surface area contributed by atoms with Gasteiger partial charge in [-0.25, -0.2) is 0 Å². The molecule has 7 rings (SSSR count). The summed E-state index contributed by atoms with van der Waals surface area (Å²) in [5, 5.41) is 9.51. The zero-order valence-electron chi connectivity index (χ0n) is 7.76. The summed E-state index contributed by atoms with van der Waals surface area (Å²) < 4.78 is 0. The molecule has 72 valence electrons. The van der Waals surface area contributed by atoms with Gasteiger partial charge in [-0.2, -0.15) is 0 Å². The number of aliphatic carboxylic acids is 1. The van der Waals surface area contributed by atoms with Crippen LogP contribution in [-0.4, -0.2) is 11.1 Å². The summed E-state index contributed by atoms with van der Waals surface area (Å²) in [5.74, 6) is 7.12. The Labute approximate surface area is 81.7 Å². The maximum Gasteiger partial charge on any atom is 0.310 e. The molecule has 0 spiro atoms. The molecular formula is C12H12O2. The van der Waals surface area contributed by atoms with Gasteiger partial charge in [-0.15, -0.1) is 0 Å². The molecule has 7 saturated carbocycles. The SMILES string of the molecule is O=C(O)C12C3C4CC5C6C4C1C6C2C53. The van der Waals surface area contributed by atoms with E-state index >= 15 is 0 Å². The van der Waals surface area contributed by atoms with Gasteiger partial charge >= 0.3 is 5.97 Å². The molecule has 2 heteroatoms. The van der Waals surface area contributed by atoms with Crippen molar-refractivity contribution >= 4 is 5.97 Å². The molecule has 0 aliphatic heterocycles. The Morgan fingerprint density at radius 3 is 2.57 bits per heavy atom. The van der Waals surface area contributed by atoms with Crippen molar-refractivity contribution in [1.82, 2.24) is 0 Å². The zero-order valence-corrected chi connectivity index (χ0v) is 7.76. The van der Waals surface area contributed by atoms with E-state index in [2.05, 4.69) is 0 Å². The Balaban J connectivity index is 1.73. The predicted octanol–water partition coefficient (Wildman–Crippen LogP) is 1.07. The molecule has 0 aromatic rings. The molecular weight excluding hydrogens is 176 g/mol. The number of hydrogen-bond acceptors (Lipinski definition) is 1. The third kappa shape index (κ3) is 0.246. The van der Waals surface area contributed by atoms with Gasteiger partial charge in [-0.3, -0.25) is 4.79 Å². The Kier molecular flexibility index (Phi) is 0.541. The van der Waals surface area contributed by atoms with Crippen LogP contribution >= 0.6 is 0 Å². The van der Waals surface area contributed by atoms with Gasteiger partial charge < -0.3 is 5.11 Å². The minimum atomic E-state index is -0.418. The fourth-order valence-electron chi connectivity index (χ4n) is 7.96. The van der Waals surface area contributed by atoms with E-state index in [0.717, 1.165) is 35.5 Å². The van der Waals surface area contributed by atoms with Crippen LogP contribution in [0.5, 0.6) is 0 Å². The molecule has 1 N–H and O–H groups in total. The van der Waals surface area contributed by atoms with Crippen LogP contribution in [0.4, 0.5) is 0 Å². The quantitative estimate of drug-likeness (QED) is 0.668. The highest BCUT2D eigenvalue weighted by Crippen LogP contribution is 3.00. The van der Waals surface area contributed by atoms with E-state index in [4.69, 9.17) is 0 Å². The van der Waals surface area contributed by atoms with E-state index in [9.17, 15) is 9.90 Å². The Hall–Kier alpha value is -0.530. The molecule has 2 nitrogen and oxygen atoms in total. The van der Waals surface area contributed by atoms with Gasteiger partial charge in [-0.1, -0.05) is 0 Å². The summed E-state index contributed by atoms with van der Waals surface area (Å²) in [6.45, 7) is 0. The van der Waals surface area contributed by atoms with Crippen molar-refractivity contribution in [3.8, 4) is 0 Å². The number of hydrogen-bond donors (Lipinski definition) is 1. The van der Waals surface area contributed by atoms with Crippen LogP contribution in [0.2, 0.25) is 0 Å². The molecule has 14 heavy (non-hydrogen) atoms. The van der Waals surface area contributed by atoms with Gasteiger partial charge in [0.25, 0.3) is 0 Å². The Bertz CT molecular complexity index is 412. The summed E-state index contributed by atoms with van der Waals surface area (Å²) >= 11 is 0. The fourth-order valence-corrected chi connectivity index (χ4v) is 7.96. The molecule has 7 aliphatic carbocycles. The highest BCUT2D eigenvalue weighted by Gasteiger charge is 3.00. The highest BCUT2D eigenvalue weighted by atomic mass is 16.4. The van der Waals surface area contributed by atoms with Crippen LogP contribution in [0.1, 0.15) is 6.42 Å². The molecule has 0 radical (unpaired) electrons. The molecule has 0 heterocycles. The summed E-state index contributed by atoms with van der Waals surface area (Å²) in [4.78, 5) is 11.5. The third-order valence-electron chi connectivity index (χ3n) is 7.48. The van der Waals surface area contributed by atoms with Crippen molar-refractivity contribution in [1.29, 1.82) is 0 Å². The van der Waals surface area contributed by atoms with E-state index in [0.29, 0.717) is 17.8 Å². The first kappa shape index (κ1) is 6.14. The van der Waals surface area contributed by atoms with E-state index in [-0.39, 0.29) is 5.41 Å². The third-order valence-corrected chi connectivity index (χ3v) is 7.48. The lowest BCUT2D eigenvalue weighted by Gasteiger charge is -2.71. The Morgan fingerprint density at radius 1 is 1.00 bits per heavy atom. The maximum absolute atomic E-state index is 11.5. The van der Waals surface area contributed by atoms with Crippen LogP contribution < -0.4 is 0 Å². The maximum atomic E-state index is 11.5. The monoisotopic (exact) mass is 188 g/mol. The second-order valence-electron chi connectivity index (χ2n) is 6.69. The molecule has 10 unspecified atom stereocenters. The first-order chi connectivity index (χ1) is 6.79. The normalized spacial score (nSPS) is 86.4. The van der Waals surface area contributed by atoms with Crippen LogP contribution in [0, 0.1) is 58.7 Å². The molecule has 2 bridgehead atoms. The summed E-state index contributed by atoms with van der Waals surface area (Å²) in [6.07, 6.45) is 1.42. The van der Waals surface area contributed by atoms with E-state index in [1.54, 1.807) is 0 Å². The highest BCUT2D eigenvalue weighted by molar-refractivity contribution is 5.83. The van der Waals surface area contributed by atoms with Gasteiger partial charge in [0.2, 0.25) is 0 Å². The van der Waals surface area contributed by atoms with Crippen molar-refractivity contribution in [2.24, 2.45) is 58.7 Å². The number of carbonyl (C=O) groups is 1. The molecule has 10 atom stereocenters. The van der Waals surface area contributed by atoms with Gasteiger partial charge in [0.05, 0.1) is 5.41 Å². The summed E-state index contributed by atoms with van der Waals surface area (Å²) in [6, 6.07) is 0. The molecule has 0 saturated heterocycles. The lowest BCUT2D eigenvalue weighted by molar-refractivity contribution is -0.267. The summed E-state index contributed by atoms with van der Waals surface area (Å²) in [7, 11) is 0. The van der Waals surface area contributed by atoms with Gasteiger partial charge in [-0.05, 0) is 59.7 Å². The van der Waals surface area contributed by atoms with Gasteiger partial charge in [0.15, 0.2) is 0 Å². The number of carboxylic acid groups (broad SMARTS) is 1.